The fourth-order valence-corrected chi connectivity index (χ4v) is 2.36. The highest BCUT2D eigenvalue weighted by molar-refractivity contribution is 5.76. The second-order valence-corrected chi connectivity index (χ2v) is 4.86. The molecule has 0 aromatic heterocycles. The molecule has 3 aromatic carbocycles. The van der Waals surface area contributed by atoms with Crippen molar-refractivity contribution < 1.29 is 0 Å². The van der Waals surface area contributed by atoms with E-state index in [9.17, 15) is 0 Å². The van der Waals surface area contributed by atoms with Crippen LogP contribution >= 0.6 is 0 Å². The smallest absolute Gasteiger partial charge is 0.0384 e. The van der Waals surface area contributed by atoms with Crippen LogP contribution in [-0.4, -0.2) is 0 Å². The van der Waals surface area contributed by atoms with Crippen LogP contribution in [0.5, 0.6) is 0 Å². The summed E-state index contributed by atoms with van der Waals surface area (Å²) in [6, 6.07) is 26.9. The van der Waals surface area contributed by atoms with Gasteiger partial charge in [0, 0.05) is 11.4 Å². The normalized spacial score (nSPS) is 10.1. The summed E-state index contributed by atoms with van der Waals surface area (Å²) in [5, 5.41) is 3.39. The third kappa shape index (κ3) is 3.03. The van der Waals surface area contributed by atoms with Crippen molar-refractivity contribution in [3.05, 3.63) is 91.0 Å². The Bertz CT molecular complexity index is 727. The van der Waals surface area contributed by atoms with Crippen LogP contribution in [0.25, 0.3) is 17.2 Å². The number of benzene rings is 3. The van der Waals surface area contributed by atoms with E-state index in [1.807, 2.05) is 30.3 Å². The second-order valence-electron chi connectivity index (χ2n) is 4.86. The lowest BCUT2D eigenvalue weighted by atomic mass is 9.99. The van der Waals surface area contributed by atoms with Crippen molar-refractivity contribution in [2.45, 2.75) is 0 Å². The molecule has 0 aliphatic heterocycles. The second kappa shape index (κ2) is 6.10. The van der Waals surface area contributed by atoms with Gasteiger partial charge in [-0.05, 0) is 41.0 Å². The standard InChI is InChI=1S/C20H17N/c1-2-16-8-6-7-11-20(16)17-12-14-19(15-13-17)21-18-9-4-3-5-10-18/h2-15,21H,1H2. The van der Waals surface area contributed by atoms with Gasteiger partial charge < -0.3 is 5.32 Å². The largest absolute Gasteiger partial charge is 0.356 e. The zero-order valence-corrected chi connectivity index (χ0v) is 11.8. The fourth-order valence-electron chi connectivity index (χ4n) is 2.36. The van der Waals surface area contributed by atoms with Crippen molar-refractivity contribution in [1.29, 1.82) is 0 Å². The fraction of sp³-hybridized carbons (Fsp3) is 0. The minimum atomic E-state index is 1.08. The van der Waals surface area contributed by atoms with Crippen LogP contribution in [0.4, 0.5) is 11.4 Å². The summed E-state index contributed by atoms with van der Waals surface area (Å²) in [4.78, 5) is 0. The van der Waals surface area contributed by atoms with Crippen LogP contribution in [0.2, 0.25) is 0 Å². The molecule has 0 amide bonds. The van der Waals surface area contributed by atoms with Crippen LogP contribution in [-0.2, 0) is 0 Å². The lowest BCUT2D eigenvalue weighted by molar-refractivity contribution is 1.53. The Labute approximate surface area is 125 Å². The van der Waals surface area contributed by atoms with E-state index in [1.165, 1.54) is 11.1 Å². The van der Waals surface area contributed by atoms with Gasteiger partial charge in [0.15, 0.2) is 0 Å². The van der Waals surface area contributed by atoms with E-state index < -0.39 is 0 Å². The van der Waals surface area contributed by atoms with Crippen LogP contribution in [0, 0.1) is 0 Å². The SMILES string of the molecule is C=Cc1ccccc1-c1ccc(Nc2ccccc2)cc1. The Morgan fingerprint density at radius 3 is 2.00 bits per heavy atom. The van der Waals surface area contributed by atoms with E-state index in [1.54, 1.807) is 0 Å². The molecule has 0 fully saturated rings. The van der Waals surface area contributed by atoms with Crippen LogP contribution in [0.1, 0.15) is 5.56 Å². The van der Waals surface area contributed by atoms with Gasteiger partial charge in [0.1, 0.15) is 0 Å². The Kier molecular flexibility index (Phi) is 3.83. The van der Waals surface area contributed by atoms with Crippen molar-refractivity contribution in [3.63, 3.8) is 0 Å². The minimum absolute atomic E-state index is 1.08. The first-order chi connectivity index (χ1) is 10.4. The summed E-state index contributed by atoms with van der Waals surface area (Å²) >= 11 is 0. The predicted octanol–water partition coefficient (Wildman–Crippen LogP) is 5.74. The summed E-state index contributed by atoms with van der Waals surface area (Å²) in [7, 11) is 0. The zero-order valence-electron chi connectivity index (χ0n) is 11.8. The van der Waals surface area contributed by atoms with E-state index in [2.05, 4.69) is 66.5 Å². The first-order valence-electron chi connectivity index (χ1n) is 7.01. The summed E-state index contributed by atoms with van der Waals surface area (Å²) in [6.07, 6.45) is 1.89. The molecule has 3 aromatic rings. The number of hydrogen-bond donors (Lipinski definition) is 1. The number of anilines is 2. The lowest BCUT2D eigenvalue weighted by Crippen LogP contribution is -1.89. The molecule has 0 aliphatic rings. The molecule has 0 atom stereocenters. The monoisotopic (exact) mass is 271 g/mol. The van der Waals surface area contributed by atoms with Gasteiger partial charge in [-0.1, -0.05) is 67.3 Å². The molecule has 0 bridgehead atoms. The van der Waals surface area contributed by atoms with Gasteiger partial charge in [0.2, 0.25) is 0 Å². The zero-order chi connectivity index (χ0) is 14.5. The highest BCUT2D eigenvalue weighted by Gasteiger charge is 2.02. The topological polar surface area (TPSA) is 12.0 Å². The molecule has 0 unspecified atom stereocenters. The molecule has 0 aliphatic carbocycles. The third-order valence-electron chi connectivity index (χ3n) is 3.44. The predicted molar refractivity (Wildman–Crippen MR) is 91.7 cm³/mol. The maximum atomic E-state index is 3.88. The molecule has 0 saturated heterocycles. The Morgan fingerprint density at radius 1 is 0.667 bits per heavy atom. The maximum absolute atomic E-state index is 3.88. The van der Waals surface area contributed by atoms with Gasteiger partial charge in [0.25, 0.3) is 0 Å². The van der Waals surface area contributed by atoms with Gasteiger partial charge in [-0.15, -0.1) is 0 Å². The van der Waals surface area contributed by atoms with E-state index in [0.29, 0.717) is 0 Å². The summed E-state index contributed by atoms with van der Waals surface area (Å²) < 4.78 is 0. The maximum Gasteiger partial charge on any atom is 0.0384 e. The average molecular weight is 271 g/mol. The molecule has 1 nitrogen and oxygen atoms in total. The van der Waals surface area contributed by atoms with Crippen LogP contribution < -0.4 is 5.32 Å². The van der Waals surface area contributed by atoms with E-state index in [0.717, 1.165) is 16.9 Å². The quantitative estimate of drug-likeness (QED) is 0.638. The van der Waals surface area contributed by atoms with Gasteiger partial charge in [-0.3, -0.25) is 0 Å². The number of hydrogen-bond acceptors (Lipinski definition) is 1. The summed E-state index contributed by atoms with van der Waals surface area (Å²) in [6.45, 7) is 3.88. The Hall–Kier alpha value is -2.80. The van der Waals surface area contributed by atoms with Crippen molar-refractivity contribution >= 4 is 17.5 Å². The highest BCUT2D eigenvalue weighted by atomic mass is 14.9. The van der Waals surface area contributed by atoms with Crippen molar-refractivity contribution in [2.24, 2.45) is 0 Å². The van der Waals surface area contributed by atoms with Crippen LogP contribution in [0.3, 0.4) is 0 Å². The molecule has 0 radical (unpaired) electrons. The number of rotatable bonds is 4. The first kappa shape index (κ1) is 13.2. The molecule has 1 heteroatoms. The lowest BCUT2D eigenvalue weighted by Gasteiger charge is -2.09. The van der Waals surface area contributed by atoms with Gasteiger partial charge in [-0.2, -0.15) is 0 Å². The van der Waals surface area contributed by atoms with E-state index in [-0.39, 0.29) is 0 Å². The summed E-state index contributed by atoms with van der Waals surface area (Å²) in [5.74, 6) is 0. The number of para-hydroxylation sites is 1. The first-order valence-corrected chi connectivity index (χ1v) is 7.01. The summed E-state index contributed by atoms with van der Waals surface area (Å²) in [5.41, 5.74) is 5.74. The van der Waals surface area contributed by atoms with Gasteiger partial charge in [0.05, 0.1) is 0 Å². The highest BCUT2D eigenvalue weighted by Crippen LogP contribution is 2.26. The molecule has 0 saturated carbocycles. The van der Waals surface area contributed by atoms with E-state index >= 15 is 0 Å². The van der Waals surface area contributed by atoms with Crippen molar-refractivity contribution in [1.82, 2.24) is 0 Å². The molecular weight excluding hydrogens is 254 g/mol. The molecular formula is C20H17N. The molecule has 102 valence electrons. The molecule has 0 heterocycles. The van der Waals surface area contributed by atoms with Crippen LogP contribution in [0.15, 0.2) is 85.4 Å². The Morgan fingerprint density at radius 2 is 1.29 bits per heavy atom. The molecule has 0 spiro atoms. The van der Waals surface area contributed by atoms with Gasteiger partial charge in [-0.25, -0.2) is 0 Å². The molecule has 1 N–H and O–H groups in total. The molecule has 3 rings (SSSR count). The van der Waals surface area contributed by atoms with E-state index in [4.69, 9.17) is 0 Å². The Balaban J connectivity index is 1.86. The third-order valence-corrected chi connectivity index (χ3v) is 3.44. The van der Waals surface area contributed by atoms with Crippen molar-refractivity contribution in [3.8, 4) is 11.1 Å². The van der Waals surface area contributed by atoms with Gasteiger partial charge >= 0.3 is 0 Å². The van der Waals surface area contributed by atoms with Crippen molar-refractivity contribution in [2.75, 3.05) is 5.32 Å². The molecule has 21 heavy (non-hydrogen) atoms. The average Bonchev–Trinajstić information content (AvgIpc) is 2.56. The number of nitrogens with one attached hydrogen (secondary N) is 1. The minimum Gasteiger partial charge on any atom is -0.356 e.